The minimum absolute atomic E-state index is 0.0738. The van der Waals surface area contributed by atoms with Gasteiger partial charge in [0.25, 0.3) is 5.91 Å². The van der Waals surface area contributed by atoms with Crippen molar-refractivity contribution in [3.8, 4) is 11.1 Å². The van der Waals surface area contributed by atoms with Crippen LogP contribution >= 0.6 is 27.5 Å². The Labute approximate surface area is 251 Å². The van der Waals surface area contributed by atoms with Gasteiger partial charge in [-0.05, 0) is 63.4 Å². The summed E-state index contributed by atoms with van der Waals surface area (Å²) >= 11 is 10.5. The SMILES string of the molecule is Cc1nn(C)c(C)c1-c1c(Cl)ccc2c(CCCBr)c3n(c12)C(C)CN(c1cn(C)c2ccc(C(=O)O)cc12)C3=O. The van der Waals surface area contributed by atoms with E-state index in [1.807, 2.05) is 60.4 Å². The summed E-state index contributed by atoms with van der Waals surface area (Å²) in [5, 5.41) is 17.5. The first-order valence-electron chi connectivity index (χ1n) is 13.6. The summed E-state index contributed by atoms with van der Waals surface area (Å²) in [7, 11) is 3.84. The highest BCUT2D eigenvalue weighted by molar-refractivity contribution is 9.09. The minimum Gasteiger partial charge on any atom is -0.478 e. The minimum atomic E-state index is -0.998. The Balaban J connectivity index is 1.63. The number of hydrogen-bond donors (Lipinski definition) is 1. The summed E-state index contributed by atoms with van der Waals surface area (Å²) in [6, 6.07) is 8.95. The van der Waals surface area contributed by atoms with E-state index in [-0.39, 0.29) is 17.5 Å². The molecule has 212 valence electrons. The summed E-state index contributed by atoms with van der Waals surface area (Å²) in [6.45, 7) is 6.59. The van der Waals surface area contributed by atoms with Crippen molar-refractivity contribution < 1.29 is 14.7 Å². The van der Waals surface area contributed by atoms with Gasteiger partial charge in [-0.1, -0.05) is 33.6 Å². The standard InChI is InChI=1S/C31H31BrClN5O3/c1-16-14-37(25-15-35(4)24-11-8-19(31(40)41)13-22(24)25)30(39)29-20(7-6-12-32)21-9-10-23(33)27(28(21)38(16)29)26-17(2)34-36(5)18(26)3/h8-11,13,15-16H,6-7,12,14H2,1-5H3,(H,40,41). The second-order valence-electron chi connectivity index (χ2n) is 10.9. The third-order valence-corrected chi connectivity index (χ3v) is 9.26. The van der Waals surface area contributed by atoms with Crippen LogP contribution in [0.25, 0.3) is 32.9 Å². The maximum Gasteiger partial charge on any atom is 0.335 e. The molecule has 1 atom stereocenters. The number of rotatable bonds is 6. The van der Waals surface area contributed by atoms with Crippen molar-refractivity contribution in [1.82, 2.24) is 18.9 Å². The van der Waals surface area contributed by atoms with Gasteiger partial charge in [0.2, 0.25) is 0 Å². The van der Waals surface area contributed by atoms with Gasteiger partial charge in [0.15, 0.2) is 0 Å². The van der Waals surface area contributed by atoms with E-state index in [1.165, 1.54) is 0 Å². The number of anilines is 1. The molecular formula is C31H31BrClN5O3. The first kappa shape index (κ1) is 27.6. The zero-order valence-corrected chi connectivity index (χ0v) is 26.0. The lowest BCUT2D eigenvalue weighted by Gasteiger charge is -2.34. The Kier molecular flexibility index (Phi) is 6.77. The first-order valence-corrected chi connectivity index (χ1v) is 15.1. The fourth-order valence-corrected chi connectivity index (χ4v) is 7.00. The number of aromatic nitrogens is 4. The second-order valence-corrected chi connectivity index (χ2v) is 12.1. The molecule has 1 aliphatic rings. The fraction of sp³-hybridized carbons (Fsp3) is 0.323. The van der Waals surface area contributed by atoms with Crippen LogP contribution in [0.1, 0.15) is 57.2 Å². The number of halogens is 2. The molecule has 3 aromatic heterocycles. The number of carbonyl (C=O) groups is 2. The van der Waals surface area contributed by atoms with Crippen LogP contribution in [0, 0.1) is 13.8 Å². The highest BCUT2D eigenvalue weighted by Crippen LogP contribution is 2.45. The van der Waals surface area contributed by atoms with Crippen LogP contribution in [-0.4, -0.2) is 47.8 Å². The molecule has 10 heteroatoms. The molecule has 0 bridgehead atoms. The molecule has 0 saturated heterocycles. The quantitative estimate of drug-likeness (QED) is 0.203. The molecule has 0 spiro atoms. The molecule has 8 nitrogen and oxygen atoms in total. The van der Waals surface area contributed by atoms with Crippen molar-refractivity contribution in [2.24, 2.45) is 14.1 Å². The molecule has 1 amide bonds. The van der Waals surface area contributed by atoms with E-state index in [2.05, 4.69) is 32.5 Å². The average Bonchev–Trinajstić information content (AvgIpc) is 3.53. The van der Waals surface area contributed by atoms with Gasteiger partial charge in [-0.25, -0.2) is 4.79 Å². The number of amides is 1. The van der Waals surface area contributed by atoms with Crippen molar-refractivity contribution in [3.63, 3.8) is 0 Å². The molecular weight excluding hydrogens is 606 g/mol. The Bertz CT molecular complexity index is 1900. The predicted molar refractivity (Wildman–Crippen MR) is 167 cm³/mol. The number of aromatic carboxylic acids is 1. The lowest BCUT2D eigenvalue weighted by atomic mass is 9.98. The molecule has 1 unspecified atom stereocenters. The smallest absolute Gasteiger partial charge is 0.335 e. The van der Waals surface area contributed by atoms with E-state index in [4.69, 9.17) is 11.6 Å². The van der Waals surface area contributed by atoms with E-state index >= 15 is 0 Å². The molecule has 0 saturated carbocycles. The Morgan fingerprint density at radius 2 is 1.90 bits per heavy atom. The maximum absolute atomic E-state index is 14.6. The zero-order valence-electron chi connectivity index (χ0n) is 23.6. The lowest BCUT2D eigenvalue weighted by molar-refractivity contribution is 0.0697. The van der Waals surface area contributed by atoms with E-state index in [9.17, 15) is 14.7 Å². The van der Waals surface area contributed by atoms with Crippen molar-refractivity contribution in [2.45, 2.75) is 39.7 Å². The Morgan fingerprint density at radius 1 is 1.15 bits per heavy atom. The Morgan fingerprint density at radius 3 is 2.56 bits per heavy atom. The normalized spacial score (nSPS) is 15.3. The highest BCUT2D eigenvalue weighted by Gasteiger charge is 2.37. The van der Waals surface area contributed by atoms with Crippen molar-refractivity contribution >= 4 is 66.9 Å². The van der Waals surface area contributed by atoms with E-state index < -0.39 is 5.97 Å². The maximum atomic E-state index is 14.6. The molecule has 4 heterocycles. The van der Waals surface area contributed by atoms with Crippen LogP contribution in [0.3, 0.4) is 0 Å². The van der Waals surface area contributed by atoms with Gasteiger partial charge in [0.05, 0.1) is 27.5 Å². The number of benzene rings is 2. The summed E-state index contributed by atoms with van der Waals surface area (Å²) < 4.78 is 5.99. The monoisotopic (exact) mass is 635 g/mol. The van der Waals surface area contributed by atoms with Gasteiger partial charge in [-0.3, -0.25) is 9.48 Å². The number of carbonyl (C=O) groups excluding carboxylic acids is 1. The number of aryl methyl sites for hydroxylation is 4. The number of carboxylic acid groups (broad SMARTS) is 1. The third-order valence-electron chi connectivity index (χ3n) is 8.38. The van der Waals surface area contributed by atoms with E-state index in [0.29, 0.717) is 22.9 Å². The third kappa shape index (κ3) is 4.12. The molecule has 0 fully saturated rings. The summed E-state index contributed by atoms with van der Waals surface area (Å²) in [4.78, 5) is 28.2. The van der Waals surface area contributed by atoms with Gasteiger partial charge in [0, 0.05) is 71.3 Å². The van der Waals surface area contributed by atoms with Crippen LogP contribution in [0.2, 0.25) is 5.02 Å². The number of fused-ring (bicyclic) bond motifs is 4. The summed E-state index contributed by atoms with van der Waals surface area (Å²) in [6.07, 6.45) is 3.51. The topological polar surface area (TPSA) is 85.3 Å². The molecule has 0 aliphatic carbocycles. The first-order chi connectivity index (χ1) is 19.5. The van der Waals surface area contributed by atoms with Crippen LogP contribution in [0.15, 0.2) is 36.5 Å². The van der Waals surface area contributed by atoms with Gasteiger partial charge in [0.1, 0.15) is 5.69 Å². The number of hydrogen-bond acceptors (Lipinski definition) is 3. The lowest BCUT2D eigenvalue weighted by Crippen LogP contribution is -2.42. The zero-order chi connectivity index (χ0) is 29.3. The van der Waals surface area contributed by atoms with E-state index in [1.54, 1.807) is 18.2 Å². The van der Waals surface area contributed by atoms with Crippen LogP contribution in [0.4, 0.5) is 5.69 Å². The van der Waals surface area contributed by atoms with E-state index in [0.717, 1.165) is 68.1 Å². The number of nitrogens with zero attached hydrogens (tertiary/aromatic N) is 5. The van der Waals surface area contributed by atoms with Crippen molar-refractivity contribution in [3.05, 3.63) is 69.8 Å². The molecule has 41 heavy (non-hydrogen) atoms. The molecule has 2 aromatic carbocycles. The van der Waals surface area contributed by atoms with Crippen LogP contribution in [-0.2, 0) is 20.5 Å². The Hall–Kier alpha value is -3.56. The molecule has 0 radical (unpaired) electrons. The molecule has 1 N–H and O–H groups in total. The summed E-state index contributed by atoms with van der Waals surface area (Å²) in [5.74, 6) is -1.10. The summed E-state index contributed by atoms with van der Waals surface area (Å²) in [5.41, 5.74) is 8.19. The largest absolute Gasteiger partial charge is 0.478 e. The van der Waals surface area contributed by atoms with Gasteiger partial charge in [-0.15, -0.1) is 0 Å². The predicted octanol–water partition coefficient (Wildman–Crippen LogP) is 7.05. The van der Waals surface area contributed by atoms with Crippen LogP contribution in [0.5, 0.6) is 0 Å². The van der Waals surface area contributed by atoms with Gasteiger partial charge in [-0.2, -0.15) is 5.10 Å². The molecule has 5 aromatic rings. The van der Waals surface area contributed by atoms with Gasteiger partial charge >= 0.3 is 5.97 Å². The number of carboxylic acids is 1. The average molecular weight is 637 g/mol. The number of alkyl halides is 1. The highest BCUT2D eigenvalue weighted by atomic mass is 79.9. The fourth-order valence-electron chi connectivity index (χ4n) is 6.47. The van der Waals surface area contributed by atoms with Crippen molar-refractivity contribution in [2.75, 3.05) is 16.8 Å². The molecule has 1 aliphatic heterocycles. The molecule has 6 rings (SSSR count). The van der Waals surface area contributed by atoms with Crippen molar-refractivity contribution in [1.29, 1.82) is 0 Å². The van der Waals surface area contributed by atoms with Crippen LogP contribution < -0.4 is 4.90 Å². The van der Waals surface area contributed by atoms with Gasteiger partial charge < -0.3 is 19.1 Å². The second kappa shape index (κ2) is 10.1.